The molecule has 9 heteroatoms. The number of fused-ring (bicyclic) bond motifs is 1. The molecule has 0 saturated heterocycles. The summed E-state index contributed by atoms with van der Waals surface area (Å²) in [5, 5.41) is 7.29. The van der Waals surface area contributed by atoms with E-state index in [4.69, 9.17) is 30.5 Å². The average Bonchev–Trinajstić information content (AvgIpc) is 2.86. The number of halogens is 1. The molecule has 0 spiro atoms. The molecular weight excluding hydrogens is 472 g/mol. The van der Waals surface area contributed by atoms with E-state index < -0.39 is 12.2 Å². The van der Waals surface area contributed by atoms with Gasteiger partial charge >= 0.3 is 12.2 Å². The largest absolute Gasteiger partial charge is 0.490 e. The Balaban J connectivity index is 1.67. The molecule has 2 aromatic rings. The molecule has 2 fully saturated rings. The molecular formula is C26H33ClN2O6. The minimum absolute atomic E-state index is 0.0742. The van der Waals surface area contributed by atoms with Crippen LogP contribution in [0.2, 0.25) is 5.02 Å². The van der Waals surface area contributed by atoms with Crippen molar-refractivity contribution in [2.45, 2.75) is 76.3 Å². The maximum atomic E-state index is 12.8. The predicted octanol–water partition coefficient (Wildman–Crippen LogP) is 6.35. The zero-order valence-electron chi connectivity index (χ0n) is 20.3. The molecule has 190 valence electrons. The van der Waals surface area contributed by atoms with Crippen LogP contribution in [0, 0.1) is 0 Å². The summed E-state index contributed by atoms with van der Waals surface area (Å²) in [5.41, 5.74) is 0. The molecule has 2 amide bonds. The predicted molar refractivity (Wildman–Crippen MR) is 134 cm³/mol. The summed E-state index contributed by atoms with van der Waals surface area (Å²) in [4.78, 5) is 25.6. The number of carbonyl (C=O) groups is 2. The Kier molecular flexibility index (Phi) is 8.44. The first-order valence-electron chi connectivity index (χ1n) is 12.3. The van der Waals surface area contributed by atoms with E-state index in [9.17, 15) is 9.59 Å². The minimum atomic E-state index is -0.581. The Hall–Kier alpha value is -2.87. The van der Waals surface area contributed by atoms with E-state index in [2.05, 4.69) is 10.6 Å². The van der Waals surface area contributed by atoms with Crippen LogP contribution in [0.3, 0.4) is 0 Å². The standard InChI is InChI=1S/C26H33ClN2O6/c1-32-23-21(34-25(30)28-17-9-5-3-6-10-17)19-14-13-16(27)15-20(19)22(24(23)33-2)35-26(31)29-18-11-7-4-8-12-18/h13-15,17-18H,3-12H2,1-2H3,(H,28,30)(H,29,31). The highest BCUT2D eigenvalue weighted by molar-refractivity contribution is 6.31. The molecule has 0 aromatic heterocycles. The fourth-order valence-corrected chi connectivity index (χ4v) is 5.17. The van der Waals surface area contributed by atoms with Crippen molar-refractivity contribution < 1.29 is 28.5 Å². The summed E-state index contributed by atoms with van der Waals surface area (Å²) in [6.45, 7) is 0. The number of amides is 2. The number of hydrogen-bond donors (Lipinski definition) is 2. The first-order chi connectivity index (χ1) is 17.0. The van der Waals surface area contributed by atoms with Crippen molar-refractivity contribution in [3.8, 4) is 23.0 Å². The normalized spacial score (nSPS) is 17.0. The number of ether oxygens (including phenoxy) is 4. The van der Waals surface area contributed by atoms with Crippen molar-refractivity contribution >= 4 is 34.6 Å². The van der Waals surface area contributed by atoms with Crippen molar-refractivity contribution in [1.82, 2.24) is 10.6 Å². The summed E-state index contributed by atoms with van der Waals surface area (Å²) in [6.07, 6.45) is 9.22. The molecule has 2 N–H and O–H groups in total. The van der Waals surface area contributed by atoms with Crippen LogP contribution in [0.25, 0.3) is 10.8 Å². The van der Waals surface area contributed by atoms with Gasteiger partial charge in [-0.1, -0.05) is 50.1 Å². The van der Waals surface area contributed by atoms with Gasteiger partial charge in [0.15, 0.2) is 11.5 Å². The van der Waals surface area contributed by atoms with Crippen LogP contribution in [-0.4, -0.2) is 38.5 Å². The third kappa shape index (κ3) is 6.04. The van der Waals surface area contributed by atoms with Gasteiger partial charge in [-0.25, -0.2) is 9.59 Å². The van der Waals surface area contributed by atoms with E-state index in [1.807, 2.05) is 0 Å². The maximum Gasteiger partial charge on any atom is 0.412 e. The van der Waals surface area contributed by atoms with Crippen LogP contribution in [0.4, 0.5) is 9.59 Å². The lowest BCUT2D eigenvalue weighted by atomic mass is 9.96. The van der Waals surface area contributed by atoms with Crippen LogP contribution in [0.5, 0.6) is 23.0 Å². The summed E-state index contributed by atoms with van der Waals surface area (Å²) in [6, 6.07) is 5.18. The third-order valence-electron chi connectivity index (χ3n) is 6.74. The number of hydrogen-bond acceptors (Lipinski definition) is 6. The van der Waals surface area contributed by atoms with Crippen molar-refractivity contribution in [2.75, 3.05) is 14.2 Å². The number of nitrogens with one attached hydrogen (secondary N) is 2. The number of rotatable bonds is 6. The van der Waals surface area contributed by atoms with Gasteiger partial charge in [0.05, 0.1) is 14.2 Å². The zero-order valence-corrected chi connectivity index (χ0v) is 21.0. The monoisotopic (exact) mass is 504 g/mol. The molecule has 8 nitrogen and oxygen atoms in total. The van der Waals surface area contributed by atoms with E-state index in [-0.39, 0.29) is 35.1 Å². The first-order valence-corrected chi connectivity index (χ1v) is 12.7. The fourth-order valence-electron chi connectivity index (χ4n) is 5.00. The summed E-state index contributed by atoms with van der Waals surface area (Å²) in [5.74, 6) is 0.614. The second-order valence-corrected chi connectivity index (χ2v) is 9.59. The average molecular weight is 505 g/mol. The highest BCUT2D eigenvalue weighted by atomic mass is 35.5. The van der Waals surface area contributed by atoms with E-state index in [0.29, 0.717) is 15.8 Å². The molecule has 0 bridgehead atoms. The van der Waals surface area contributed by atoms with Crippen LogP contribution < -0.4 is 29.6 Å². The van der Waals surface area contributed by atoms with Gasteiger partial charge in [0.2, 0.25) is 11.5 Å². The van der Waals surface area contributed by atoms with E-state index in [1.54, 1.807) is 18.2 Å². The smallest absolute Gasteiger partial charge is 0.412 e. The van der Waals surface area contributed by atoms with Crippen molar-refractivity contribution in [3.63, 3.8) is 0 Å². The summed E-state index contributed by atoms with van der Waals surface area (Å²) >= 11 is 6.29. The van der Waals surface area contributed by atoms with Gasteiger partial charge in [0.25, 0.3) is 0 Å². The second-order valence-electron chi connectivity index (χ2n) is 9.15. The molecule has 2 aromatic carbocycles. The Bertz CT molecular complexity index is 1060. The van der Waals surface area contributed by atoms with E-state index in [0.717, 1.165) is 51.4 Å². The van der Waals surface area contributed by atoms with Crippen LogP contribution in [-0.2, 0) is 0 Å². The topological polar surface area (TPSA) is 95.1 Å². The highest BCUT2D eigenvalue weighted by Gasteiger charge is 2.28. The minimum Gasteiger partial charge on any atom is -0.490 e. The first kappa shape index (κ1) is 25.2. The lowest BCUT2D eigenvalue weighted by Crippen LogP contribution is -2.38. The number of carbonyl (C=O) groups excluding carboxylic acids is 2. The van der Waals surface area contributed by atoms with Gasteiger partial charge in [-0.3, -0.25) is 0 Å². The lowest BCUT2D eigenvalue weighted by Gasteiger charge is -2.24. The Labute approximate surface area is 210 Å². The Morgan fingerprint density at radius 1 is 0.714 bits per heavy atom. The molecule has 4 rings (SSSR count). The van der Waals surface area contributed by atoms with Gasteiger partial charge in [-0.2, -0.15) is 0 Å². The van der Waals surface area contributed by atoms with Crippen LogP contribution in [0.1, 0.15) is 64.2 Å². The molecule has 2 aliphatic rings. The lowest BCUT2D eigenvalue weighted by molar-refractivity contribution is 0.186. The Morgan fingerprint density at radius 3 is 1.63 bits per heavy atom. The molecule has 0 heterocycles. The zero-order chi connectivity index (χ0) is 24.8. The maximum absolute atomic E-state index is 12.8. The van der Waals surface area contributed by atoms with Crippen LogP contribution >= 0.6 is 11.6 Å². The third-order valence-corrected chi connectivity index (χ3v) is 6.98. The summed E-state index contributed by atoms with van der Waals surface area (Å²) < 4.78 is 22.7. The number of methoxy groups -OCH3 is 2. The van der Waals surface area contributed by atoms with E-state index in [1.165, 1.54) is 27.1 Å². The molecule has 0 atom stereocenters. The van der Waals surface area contributed by atoms with Crippen molar-refractivity contribution in [3.05, 3.63) is 23.2 Å². The van der Waals surface area contributed by atoms with Gasteiger partial charge in [-0.05, 0) is 43.9 Å². The fraction of sp³-hybridized carbons (Fsp3) is 0.538. The van der Waals surface area contributed by atoms with Crippen molar-refractivity contribution in [2.24, 2.45) is 0 Å². The van der Waals surface area contributed by atoms with Gasteiger partial charge < -0.3 is 29.6 Å². The van der Waals surface area contributed by atoms with Gasteiger partial charge in [0.1, 0.15) is 0 Å². The SMILES string of the molecule is COc1c(OC)c(OC(=O)NC2CCCCC2)c2cc(Cl)ccc2c1OC(=O)NC1CCCCC1. The molecule has 0 unspecified atom stereocenters. The molecule has 0 aliphatic heterocycles. The van der Waals surface area contributed by atoms with Gasteiger partial charge in [0, 0.05) is 27.9 Å². The molecule has 2 saturated carbocycles. The second kappa shape index (κ2) is 11.7. The van der Waals surface area contributed by atoms with Crippen molar-refractivity contribution in [1.29, 1.82) is 0 Å². The molecule has 2 aliphatic carbocycles. The molecule has 0 radical (unpaired) electrons. The Morgan fingerprint density at radius 2 is 1.17 bits per heavy atom. The summed E-state index contributed by atoms with van der Waals surface area (Å²) in [7, 11) is 2.88. The van der Waals surface area contributed by atoms with E-state index >= 15 is 0 Å². The van der Waals surface area contributed by atoms with Gasteiger partial charge in [-0.15, -0.1) is 0 Å². The van der Waals surface area contributed by atoms with Crippen LogP contribution in [0.15, 0.2) is 18.2 Å². The number of benzene rings is 2. The quantitative estimate of drug-likeness (QED) is 0.475. The highest BCUT2D eigenvalue weighted by Crippen LogP contribution is 2.51. The molecule has 35 heavy (non-hydrogen) atoms.